The zero-order valence-corrected chi connectivity index (χ0v) is 17.6. The summed E-state index contributed by atoms with van der Waals surface area (Å²) in [5, 5.41) is 2.85. The summed E-state index contributed by atoms with van der Waals surface area (Å²) in [6.07, 6.45) is -0.716. The van der Waals surface area contributed by atoms with Gasteiger partial charge >= 0.3 is 0 Å². The molecule has 0 aromatic heterocycles. The minimum Gasteiger partial charge on any atom is -0.480 e. The van der Waals surface area contributed by atoms with Crippen LogP contribution in [0.3, 0.4) is 0 Å². The fourth-order valence-corrected chi connectivity index (χ4v) is 2.87. The van der Waals surface area contributed by atoms with Crippen LogP contribution in [0.4, 0.5) is 4.39 Å². The maximum absolute atomic E-state index is 13.1. The first kappa shape index (κ1) is 22.3. The van der Waals surface area contributed by atoms with Crippen LogP contribution in [-0.4, -0.2) is 31.8 Å². The van der Waals surface area contributed by atoms with Crippen LogP contribution < -0.4 is 10.1 Å². The van der Waals surface area contributed by atoms with Crippen LogP contribution in [0.15, 0.2) is 46.9 Å². The summed E-state index contributed by atoms with van der Waals surface area (Å²) in [5.41, 5.74) is 2.00. The van der Waals surface area contributed by atoms with Crippen LogP contribution in [0, 0.1) is 5.82 Å². The van der Waals surface area contributed by atoms with Gasteiger partial charge in [-0.25, -0.2) is 4.39 Å². The van der Waals surface area contributed by atoms with Crippen molar-refractivity contribution < 1.29 is 23.4 Å². The Kier molecular flexibility index (Phi) is 9.40. The molecule has 0 saturated carbocycles. The third kappa shape index (κ3) is 7.58. The lowest BCUT2D eigenvalue weighted by molar-refractivity contribution is -0.127. The van der Waals surface area contributed by atoms with E-state index < -0.39 is 6.10 Å². The van der Waals surface area contributed by atoms with E-state index in [0.717, 1.165) is 11.1 Å². The summed E-state index contributed by atoms with van der Waals surface area (Å²) in [4.78, 5) is 12.3. The van der Waals surface area contributed by atoms with E-state index in [1.165, 1.54) is 18.2 Å². The van der Waals surface area contributed by atoms with E-state index in [0.29, 0.717) is 43.2 Å². The molecule has 2 rings (SSSR count). The maximum atomic E-state index is 13.1. The molecule has 0 bridgehead atoms. The molecule has 152 valence electrons. The molecule has 0 aliphatic rings. The number of carbonyl (C=O) groups excluding carboxylic acids is 1. The van der Waals surface area contributed by atoms with Crippen LogP contribution in [0.1, 0.15) is 25.0 Å². The largest absolute Gasteiger partial charge is 0.480 e. The van der Waals surface area contributed by atoms with Gasteiger partial charge in [-0.2, -0.15) is 0 Å². The fraction of sp³-hybridized carbons (Fsp3) is 0.381. The van der Waals surface area contributed by atoms with Crippen LogP contribution in [0.2, 0.25) is 0 Å². The van der Waals surface area contributed by atoms with Crippen molar-refractivity contribution in [3.05, 3.63) is 63.9 Å². The Morgan fingerprint density at radius 3 is 2.64 bits per heavy atom. The summed E-state index contributed by atoms with van der Waals surface area (Å²) < 4.78 is 30.0. The molecule has 1 atom stereocenters. The van der Waals surface area contributed by atoms with Crippen molar-refractivity contribution in [3.63, 3.8) is 0 Å². The van der Waals surface area contributed by atoms with E-state index in [1.54, 1.807) is 6.92 Å². The molecule has 2 aromatic carbocycles. The van der Waals surface area contributed by atoms with Gasteiger partial charge in [0.05, 0.1) is 24.3 Å². The average Bonchev–Trinajstić information content (AvgIpc) is 2.68. The number of carbonyl (C=O) groups is 1. The molecule has 1 unspecified atom stereocenters. The second-order valence-electron chi connectivity index (χ2n) is 6.12. The van der Waals surface area contributed by atoms with Crippen LogP contribution >= 0.6 is 15.9 Å². The molecule has 1 amide bonds. The predicted molar refractivity (Wildman–Crippen MR) is 109 cm³/mol. The predicted octanol–water partition coefficient (Wildman–Crippen LogP) is 4.23. The fourth-order valence-electron chi connectivity index (χ4n) is 2.43. The zero-order valence-electron chi connectivity index (χ0n) is 16.0. The number of amides is 1. The van der Waals surface area contributed by atoms with Crippen molar-refractivity contribution in [2.45, 2.75) is 33.1 Å². The Hall–Kier alpha value is -1.96. The van der Waals surface area contributed by atoms with Gasteiger partial charge in [-0.15, -0.1) is 0 Å². The normalized spacial score (nSPS) is 11.9. The second-order valence-corrected chi connectivity index (χ2v) is 6.98. The molecule has 0 heterocycles. The van der Waals surface area contributed by atoms with E-state index in [1.807, 2.05) is 31.2 Å². The zero-order chi connectivity index (χ0) is 20.4. The lowest BCUT2D eigenvalue weighted by Crippen LogP contribution is -2.36. The van der Waals surface area contributed by atoms with E-state index in [4.69, 9.17) is 14.2 Å². The van der Waals surface area contributed by atoms with Crippen LogP contribution in [0.25, 0.3) is 0 Å². The Balaban J connectivity index is 1.80. The number of ether oxygens (including phenoxy) is 3. The molecule has 7 heteroatoms. The summed E-state index contributed by atoms with van der Waals surface area (Å²) >= 11 is 3.23. The van der Waals surface area contributed by atoms with E-state index >= 15 is 0 Å². The highest BCUT2D eigenvalue weighted by atomic mass is 79.9. The average molecular weight is 454 g/mol. The highest BCUT2D eigenvalue weighted by Gasteiger charge is 2.16. The Bertz CT molecular complexity index is 772. The summed E-state index contributed by atoms with van der Waals surface area (Å²) in [6.45, 7) is 6.27. The highest BCUT2D eigenvalue weighted by molar-refractivity contribution is 9.10. The summed E-state index contributed by atoms with van der Waals surface area (Å²) in [7, 11) is 0. The number of nitrogens with one attached hydrogen (secondary N) is 1. The van der Waals surface area contributed by atoms with Crippen molar-refractivity contribution >= 4 is 21.8 Å². The van der Waals surface area contributed by atoms with E-state index in [9.17, 15) is 9.18 Å². The van der Waals surface area contributed by atoms with E-state index in [-0.39, 0.29) is 11.7 Å². The maximum Gasteiger partial charge on any atom is 0.261 e. The third-order valence-electron chi connectivity index (χ3n) is 3.87. The lowest BCUT2D eigenvalue weighted by atomic mass is 10.1. The van der Waals surface area contributed by atoms with Crippen molar-refractivity contribution in [2.24, 2.45) is 0 Å². The van der Waals surface area contributed by atoms with Gasteiger partial charge in [-0.1, -0.05) is 24.3 Å². The van der Waals surface area contributed by atoms with Gasteiger partial charge in [0.15, 0.2) is 6.10 Å². The Morgan fingerprint density at radius 2 is 1.89 bits per heavy atom. The molecule has 28 heavy (non-hydrogen) atoms. The van der Waals surface area contributed by atoms with E-state index in [2.05, 4.69) is 21.2 Å². The molecule has 2 aromatic rings. The van der Waals surface area contributed by atoms with Crippen molar-refractivity contribution in [1.82, 2.24) is 5.32 Å². The van der Waals surface area contributed by atoms with Gasteiger partial charge in [-0.05, 0) is 59.1 Å². The minimum atomic E-state index is -0.716. The summed E-state index contributed by atoms with van der Waals surface area (Å²) in [5.74, 6) is -0.220. The van der Waals surface area contributed by atoms with Crippen molar-refractivity contribution in [2.75, 3.05) is 19.8 Å². The topological polar surface area (TPSA) is 56.8 Å². The molecular weight excluding hydrogens is 429 g/mol. The molecule has 1 N–H and O–H groups in total. The Morgan fingerprint density at radius 1 is 1.14 bits per heavy atom. The standard InChI is InChI=1S/C21H25BrFNO4/c1-3-26-9-10-27-14-17-6-4-5-16(11-17)13-24-21(25)15(2)28-20-8-7-18(23)12-19(20)22/h4-8,11-12,15H,3,9-10,13-14H2,1-2H3,(H,24,25). The Labute approximate surface area is 173 Å². The first-order valence-electron chi connectivity index (χ1n) is 9.12. The van der Waals surface area contributed by atoms with Gasteiger partial charge in [0.25, 0.3) is 5.91 Å². The molecule has 5 nitrogen and oxygen atoms in total. The van der Waals surface area contributed by atoms with Gasteiger partial charge in [-0.3, -0.25) is 4.79 Å². The van der Waals surface area contributed by atoms with Crippen LogP contribution in [0.5, 0.6) is 5.75 Å². The quantitative estimate of drug-likeness (QED) is 0.517. The number of hydrogen-bond acceptors (Lipinski definition) is 4. The van der Waals surface area contributed by atoms with Gasteiger partial charge in [0.2, 0.25) is 0 Å². The summed E-state index contributed by atoms with van der Waals surface area (Å²) in [6, 6.07) is 11.9. The molecule has 0 aliphatic heterocycles. The molecule has 0 fully saturated rings. The molecule has 0 radical (unpaired) electrons. The molecule has 0 spiro atoms. The smallest absolute Gasteiger partial charge is 0.261 e. The third-order valence-corrected chi connectivity index (χ3v) is 4.49. The number of rotatable bonds is 11. The number of benzene rings is 2. The molecule has 0 aliphatic carbocycles. The first-order valence-corrected chi connectivity index (χ1v) is 9.91. The minimum absolute atomic E-state index is 0.255. The second kappa shape index (κ2) is 11.8. The van der Waals surface area contributed by atoms with Gasteiger partial charge in [0, 0.05) is 13.2 Å². The lowest BCUT2D eigenvalue weighted by Gasteiger charge is -2.16. The van der Waals surface area contributed by atoms with Gasteiger partial charge < -0.3 is 19.5 Å². The van der Waals surface area contributed by atoms with Crippen molar-refractivity contribution in [3.8, 4) is 5.75 Å². The number of hydrogen-bond donors (Lipinski definition) is 1. The highest BCUT2D eigenvalue weighted by Crippen LogP contribution is 2.26. The first-order chi connectivity index (χ1) is 13.5. The van der Waals surface area contributed by atoms with Crippen LogP contribution in [-0.2, 0) is 27.4 Å². The monoisotopic (exact) mass is 453 g/mol. The SMILES string of the molecule is CCOCCOCc1cccc(CNC(=O)C(C)Oc2ccc(F)cc2Br)c1. The van der Waals surface area contributed by atoms with Crippen molar-refractivity contribution in [1.29, 1.82) is 0 Å². The molecule has 0 saturated heterocycles. The van der Waals surface area contributed by atoms with Gasteiger partial charge in [0.1, 0.15) is 11.6 Å². The molecular formula is C21H25BrFNO4. The number of halogens is 2.